The molecular formula is C23H25ClF4N2O7S2. The molecule has 216 valence electrons. The zero-order valence-electron chi connectivity index (χ0n) is 20.9. The lowest BCUT2D eigenvalue weighted by Gasteiger charge is -2.36. The Hall–Kier alpha value is -2.62. The summed E-state index contributed by atoms with van der Waals surface area (Å²) in [5.41, 5.74) is -2.70. The Morgan fingerprint density at radius 1 is 1.15 bits per heavy atom. The first-order valence-corrected chi connectivity index (χ1v) is 14.8. The molecule has 1 aliphatic heterocycles. The maximum atomic E-state index is 13.7. The Balaban J connectivity index is 1.98. The lowest BCUT2D eigenvalue weighted by Crippen LogP contribution is -2.44. The molecule has 0 saturated heterocycles. The van der Waals surface area contributed by atoms with Crippen molar-refractivity contribution in [2.24, 2.45) is 0 Å². The smallest absolute Gasteiger partial charge is 0.427 e. The average Bonchev–Trinajstić information content (AvgIpc) is 2.82. The van der Waals surface area contributed by atoms with Crippen LogP contribution in [0.1, 0.15) is 25.8 Å². The molecule has 0 aliphatic carbocycles. The van der Waals surface area contributed by atoms with Crippen molar-refractivity contribution in [3.05, 3.63) is 52.8 Å². The highest BCUT2D eigenvalue weighted by Crippen LogP contribution is 2.39. The maximum Gasteiger partial charge on any atom is 0.427 e. The standard InChI is InChI=1S/C23H25ClF4N2O7S2/c1-22(2,23(26,27)28)37-21(31)11-14-4-7-20-19(10-14)30(13-15(36-20)8-9-38(32,33)29-3)39(34,35)16-5-6-18(25)17(24)12-16/h4-7,10,12,15,29H,8-9,11,13H2,1-3H3/t15-/m0/s1. The number of carbonyl (C=O) groups is 1. The van der Waals surface area contributed by atoms with Crippen molar-refractivity contribution in [3.8, 4) is 5.75 Å². The number of sulfonamides is 2. The Morgan fingerprint density at radius 3 is 2.41 bits per heavy atom. The molecule has 0 bridgehead atoms. The Bertz CT molecular complexity index is 1470. The largest absolute Gasteiger partial charge is 0.486 e. The first-order chi connectivity index (χ1) is 17.9. The Labute approximate surface area is 228 Å². The Kier molecular flexibility index (Phi) is 8.80. The number of alkyl halides is 3. The molecule has 1 atom stereocenters. The minimum Gasteiger partial charge on any atom is -0.486 e. The van der Waals surface area contributed by atoms with Crippen LogP contribution in [0.3, 0.4) is 0 Å². The number of ether oxygens (including phenoxy) is 2. The third-order valence-corrected chi connectivity index (χ3v) is 9.31. The van der Waals surface area contributed by atoms with Gasteiger partial charge < -0.3 is 9.47 Å². The van der Waals surface area contributed by atoms with E-state index in [1.54, 1.807) is 0 Å². The first kappa shape index (κ1) is 30.9. The predicted molar refractivity (Wildman–Crippen MR) is 134 cm³/mol. The number of benzene rings is 2. The van der Waals surface area contributed by atoms with Crippen LogP contribution in [0, 0.1) is 5.82 Å². The summed E-state index contributed by atoms with van der Waals surface area (Å²) in [4.78, 5) is 11.9. The number of nitrogens with one attached hydrogen (secondary N) is 1. The zero-order chi connectivity index (χ0) is 29.4. The van der Waals surface area contributed by atoms with Crippen molar-refractivity contribution < 1.29 is 48.7 Å². The van der Waals surface area contributed by atoms with Gasteiger partial charge in [0.05, 0.1) is 34.3 Å². The molecule has 39 heavy (non-hydrogen) atoms. The molecule has 0 fully saturated rings. The number of hydrogen-bond acceptors (Lipinski definition) is 7. The summed E-state index contributed by atoms with van der Waals surface area (Å²) in [6.07, 6.45) is -6.45. The fourth-order valence-corrected chi connectivity index (χ4v) is 6.09. The molecule has 2 aromatic carbocycles. The van der Waals surface area contributed by atoms with Crippen LogP contribution >= 0.6 is 11.6 Å². The molecule has 1 aliphatic rings. The van der Waals surface area contributed by atoms with Crippen LogP contribution < -0.4 is 13.8 Å². The van der Waals surface area contributed by atoms with Crippen molar-refractivity contribution in [2.75, 3.05) is 23.7 Å². The highest BCUT2D eigenvalue weighted by molar-refractivity contribution is 7.92. The lowest BCUT2D eigenvalue weighted by atomic mass is 10.1. The molecule has 9 nitrogen and oxygen atoms in total. The van der Waals surface area contributed by atoms with Gasteiger partial charge in [-0.3, -0.25) is 9.10 Å². The molecular weight excluding hydrogens is 592 g/mol. The van der Waals surface area contributed by atoms with Gasteiger partial charge in [0.15, 0.2) is 0 Å². The molecule has 0 saturated carbocycles. The minimum absolute atomic E-state index is 0.0117. The summed E-state index contributed by atoms with van der Waals surface area (Å²) >= 11 is 5.78. The normalized spacial score (nSPS) is 16.4. The summed E-state index contributed by atoms with van der Waals surface area (Å²) in [6.45, 7) is 1.03. The highest BCUT2D eigenvalue weighted by atomic mass is 35.5. The second-order valence-corrected chi connectivity index (χ2v) is 13.4. The van der Waals surface area contributed by atoms with Gasteiger partial charge in [0.1, 0.15) is 17.7 Å². The van der Waals surface area contributed by atoms with Crippen LogP contribution in [0.4, 0.5) is 23.2 Å². The van der Waals surface area contributed by atoms with Crippen molar-refractivity contribution in [1.82, 2.24) is 4.72 Å². The van der Waals surface area contributed by atoms with E-state index in [4.69, 9.17) is 16.3 Å². The highest BCUT2D eigenvalue weighted by Gasteiger charge is 2.50. The van der Waals surface area contributed by atoms with E-state index in [0.717, 1.165) is 22.5 Å². The molecule has 3 rings (SSSR count). The van der Waals surface area contributed by atoms with E-state index in [9.17, 15) is 39.2 Å². The van der Waals surface area contributed by atoms with E-state index in [2.05, 4.69) is 9.46 Å². The number of nitrogens with zero attached hydrogens (tertiary/aromatic N) is 1. The van der Waals surface area contributed by atoms with Crippen molar-refractivity contribution in [2.45, 2.75) is 49.5 Å². The molecule has 1 N–H and O–H groups in total. The third-order valence-electron chi connectivity index (χ3n) is 5.85. The van der Waals surface area contributed by atoms with E-state index < -0.39 is 61.2 Å². The third kappa shape index (κ3) is 7.13. The van der Waals surface area contributed by atoms with Gasteiger partial charge in [-0.15, -0.1) is 0 Å². The molecule has 0 radical (unpaired) electrons. The van der Waals surface area contributed by atoms with Crippen molar-refractivity contribution >= 4 is 43.3 Å². The number of hydrogen-bond donors (Lipinski definition) is 1. The van der Waals surface area contributed by atoms with Gasteiger partial charge in [-0.2, -0.15) is 13.2 Å². The van der Waals surface area contributed by atoms with E-state index in [1.807, 2.05) is 0 Å². The lowest BCUT2D eigenvalue weighted by molar-refractivity contribution is -0.257. The van der Waals surface area contributed by atoms with Gasteiger partial charge in [0.25, 0.3) is 10.0 Å². The minimum atomic E-state index is -4.82. The van der Waals surface area contributed by atoms with Crippen molar-refractivity contribution in [1.29, 1.82) is 0 Å². The SMILES string of the molecule is CNS(=O)(=O)CC[C@H]1CN(S(=O)(=O)c2ccc(F)c(Cl)c2)c2cc(CC(=O)OC(C)(C)C(F)(F)F)ccc2O1. The van der Waals surface area contributed by atoms with Gasteiger partial charge in [-0.1, -0.05) is 17.7 Å². The summed E-state index contributed by atoms with van der Waals surface area (Å²) in [5, 5.41) is -0.454. The number of rotatable bonds is 9. The summed E-state index contributed by atoms with van der Waals surface area (Å²) in [5.74, 6) is -2.42. The van der Waals surface area contributed by atoms with Crippen LogP contribution in [0.15, 0.2) is 41.3 Å². The zero-order valence-corrected chi connectivity index (χ0v) is 23.3. The van der Waals surface area contributed by atoms with Gasteiger partial charge in [-0.05, 0) is 56.8 Å². The molecule has 0 unspecified atom stereocenters. The molecule has 1 heterocycles. The molecule has 0 aromatic heterocycles. The number of halogens is 5. The summed E-state index contributed by atoms with van der Waals surface area (Å²) in [7, 11) is -6.85. The van der Waals surface area contributed by atoms with E-state index in [-0.39, 0.29) is 40.6 Å². The van der Waals surface area contributed by atoms with Crippen molar-refractivity contribution in [3.63, 3.8) is 0 Å². The quantitative estimate of drug-likeness (QED) is 0.336. The van der Waals surface area contributed by atoms with E-state index in [1.165, 1.54) is 25.2 Å². The molecule has 0 amide bonds. The number of anilines is 1. The van der Waals surface area contributed by atoms with Crippen LogP contribution in [-0.2, 0) is 36.0 Å². The summed E-state index contributed by atoms with van der Waals surface area (Å²) in [6, 6.07) is 6.65. The fraction of sp³-hybridized carbons (Fsp3) is 0.435. The van der Waals surface area contributed by atoms with Gasteiger partial charge >= 0.3 is 12.1 Å². The van der Waals surface area contributed by atoms with E-state index in [0.29, 0.717) is 13.8 Å². The van der Waals surface area contributed by atoms with E-state index >= 15 is 0 Å². The topological polar surface area (TPSA) is 119 Å². The van der Waals surface area contributed by atoms with Crippen LogP contribution in [0.25, 0.3) is 0 Å². The van der Waals surface area contributed by atoms with Gasteiger partial charge in [-0.25, -0.2) is 25.9 Å². The second kappa shape index (κ2) is 11.1. The number of fused-ring (bicyclic) bond motifs is 1. The first-order valence-electron chi connectivity index (χ1n) is 11.3. The number of esters is 1. The number of carbonyl (C=O) groups excluding carboxylic acids is 1. The Morgan fingerprint density at radius 2 is 1.82 bits per heavy atom. The molecule has 16 heteroatoms. The molecule has 2 aromatic rings. The monoisotopic (exact) mass is 616 g/mol. The second-order valence-electron chi connectivity index (χ2n) is 9.12. The average molecular weight is 617 g/mol. The predicted octanol–water partition coefficient (Wildman–Crippen LogP) is 3.80. The van der Waals surface area contributed by atoms with Gasteiger partial charge in [0.2, 0.25) is 15.6 Å². The van der Waals surface area contributed by atoms with Crippen LogP contribution in [0.5, 0.6) is 5.75 Å². The van der Waals surface area contributed by atoms with Crippen LogP contribution in [0.2, 0.25) is 5.02 Å². The van der Waals surface area contributed by atoms with Crippen LogP contribution in [-0.4, -0.2) is 60.0 Å². The fourth-order valence-electron chi connectivity index (χ4n) is 3.54. The maximum absolute atomic E-state index is 13.7. The molecule has 0 spiro atoms. The summed E-state index contributed by atoms with van der Waals surface area (Å²) < 4.78 is 117. The van der Waals surface area contributed by atoms with Gasteiger partial charge in [0, 0.05) is 6.42 Å².